The molecule has 0 radical (unpaired) electrons. The number of rotatable bonds is 0. The van der Waals surface area contributed by atoms with Gasteiger partial charge < -0.3 is 5.48 Å². The molecule has 0 aliphatic heterocycles. The van der Waals surface area contributed by atoms with Gasteiger partial charge in [-0.3, -0.25) is 0 Å². The zero-order valence-electron chi connectivity index (χ0n) is 8.23. The van der Waals surface area contributed by atoms with Crippen LogP contribution in [0.25, 0.3) is 20.2 Å². The van der Waals surface area contributed by atoms with E-state index in [0.717, 1.165) is 0 Å². The molecule has 3 aromatic rings. The quantitative estimate of drug-likeness (QED) is 0.536. The highest BCUT2D eigenvalue weighted by molar-refractivity contribution is 7.25. The van der Waals surface area contributed by atoms with Gasteiger partial charge >= 0.3 is 0 Å². The zero-order valence-corrected chi connectivity index (χ0v) is 10.5. The van der Waals surface area contributed by atoms with Crippen molar-refractivity contribution in [3.8, 4) is 0 Å². The van der Waals surface area contributed by atoms with Gasteiger partial charge in [-0.15, -0.1) is 11.3 Å². The molecule has 1 aromatic heterocycles. The minimum Gasteiger partial charge on any atom is -0.412 e. The Kier molecular flexibility index (Phi) is 3.81. The Bertz CT molecular complexity index is 523. The van der Waals surface area contributed by atoms with Crippen LogP contribution in [0.4, 0.5) is 0 Å². The molecule has 0 spiro atoms. The molecule has 1 nitrogen and oxygen atoms in total. The van der Waals surface area contributed by atoms with E-state index in [0.29, 0.717) is 0 Å². The van der Waals surface area contributed by atoms with Crippen LogP contribution in [0.5, 0.6) is 0 Å². The van der Waals surface area contributed by atoms with Crippen LogP contribution in [0.2, 0.25) is 0 Å². The largest absolute Gasteiger partial charge is 0.412 e. The Morgan fingerprint density at radius 1 is 0.667 bits per heavy atom. The third kappa shape index (κ3) is 1.89. The molecule has 0 aliphatic rings. The third-order valence-electron chi connectivity index (χ3n) is 2.28. The van der Waals surface area contributed by atoms with E-state index in [4.69, 9.17) is 0 Å². The average Bonchev–Trinajstić information content (AvgIpc) is 2.56. The summed E-state index contributed by atoms with van der Waals surface area (Å²) in [6, 6.07) is 17.1. The van der Waals surface area contributed by atoms with Gasteiger partial charge in [-0.2, -0.15) is 9.90 Å². The molecule has 0 aliphatic carbocycles. The van der Waals surface area contributed by atoms with Crippen molar-refractivity contribution in [3.05, 3.63) is 48.5 Å². The maximum atomic E-state index is 2.19. The summed E-state index contributed by atoms with van der Waals surface area (Å²) in [6.45, 7) is 0. The minimum absolute atomic E-state index is 0. The Balaban J connectivity index is 0.000000562. The van der Waals surface area contributed by atoms with Crippen molar-refractivity contribution in [2.75, 3.05) is 0 Å². The molecule has 78 valence electrons. The number of thiophene rings is 1. The van der Waals surface area contributed by atoms with Crippen molar-refractivity contribution in [1.29, 1.82) is 0 Å². The van der Waals surface area contributed by atoms with E-state index in [1.165, 1.54) is 20.2 Å². The average molecular weight is 236 g/mol. The second kappa shape index (κ2) is 4.71. The summed E-state index contributed by atoms with van der Waals surface area (Å²) in [5, 5.41) is 2.76. The highest BCUT2D eigenvalue weighted by Gasteiger charge is 2.01. The van der Waals surface area contributed by atoms with E-state index >= 15 is 0 Å². The maximum absolute atomic E-state index is 2.19. The van der Waals surface area contributed by atoms with Crippen molar-refractivity contribution >= 4 is 41.4 Å². The molecule has 0 fully saturated rings. The van der Waals surface area contributed by atoms with Crippen LogP contribution in [0, 0.1) is 0 Å². The maximum Gasteiger partial charge on any atom is 0.0355 e. The smallest absolute Gasteiger partial charge is 0.0355 e. The molecule has 3 heteroatoms. The summed E-state index contributed by atoms with van der Waals surface area (Å²) in [5.41, 5.74) is 0. The van der Waals surface area contributed by atoms with Crippen LogP contribution in [-0.2, 0) is 0 Å². The van der Waals surface area contributed by atoms with Gasteiger partial charge in [0.15, 0.2) is 0 Å². The lowest BCUT2D eigenvalue weighted by Crippen LogP contribution is -1.62. The van der Waals surface area contributed by atoms with Crippen LogP contribution in [-0.4, -0.2) is 5.48 Å². The van der Waals surface area contributed by atoms with Gasteiger partial charge in [-0.05, 0) is 12.1 Å². The monoisotopic (exact) mass is 236 g/mol. The van der Waals surface area contributed by atoms with Gasteiger partial charge in [0.1, 0.15) is 0 Å². The van der Waals surface area contributed by atoms with E-state index in [1.54, 1.807) is 0 Å². The molecule has 3 rings (SSSR count). The normalized spacial score (nSPS) is 9.60. The Labute approximate surface area is 95.7 Å². The minimum atomic E-state index is 0. The van der Waals surface area contributed by atoms with E-state index in [1.807, 2.05) is 11.3 Å². The van der Waals surface area contributed by atoms with Gasteiger partial charge in [0, 0.05) is 20.2 Å². The fraction of sp³-hybridized carbons (Fsp3) is 0. The van der Waals surface area contributed by atoms with Gasteiger partial charge in [0.25, 0.3) is 0 Å². The Morgan fingerprint density at radius 3 is 1.53 bits per heavy atom. The van der Waals surface area contributed by atoms with E-state index in [9.17, 15) is 0 Å². The van der Waals surface area contributed by atoms with Crippen LogP contribution >= 0.6 is 21.2 Å². The topological polar surface area (TPSA) is 31.5 Å². The summed E-state index contributed by atoms with van der Waals surface area (Å²) in [7, 11) is 0. The molecule has 1 atom stereocenters. The van der Waals surface area contributed by atoms with Gasteiger partial charge in [-0.1, -0.05) is 36.4 Å². The molecule has 15 heavy (non-hydrogen) atoms. The molecule has 1 unspecified atom stereocenters. The predicted molar refractivity (Wildman–Crippen MR) is 74.0 cm³/mol. The number of fused-ring (bicyclic) bond motifs is 3. The van der Waals surface area contributed by atoms with Crippen molar-refractivity contribution < 1.29 is 5.48 Å². The molecule has 2 aromatic carbocycles. The summed E-state index contributed by atoms with van der Waals surface area (Å²) in [5.74, 6) is 0. The van der Waals surface area contributed by atoms with E-state index in [-0.39, 0.29) is 15.4 Å². The van der Waals surface area contributed by atoms with Gasteiger partial charge in [0.05, 0.1) is 0 Å². The predicted octanol–water partition coefficient (Wildman–Crippen LogP) is 3.29. The summed E-state index contributed by atoms with van der Waals surface area (Å²) in [6.07, 6.45) is 0. The van der Waals surface area contributed by atoms with Crippen LogP contribution in [0.3, 0.4) is 0 Å². The summed E-state index contributed by atoms with van der Waals surface area (Å²) >= 11 is 1.86. The molecule has 2 N–H and O–H groups in total. The molecule has 0 bridgehead atoms. The molecular weight excluding hydrogens is 223 g/mol. The molecule has 0 saturated carbocycles. The number of hydrogen-bond acceptors (Lipinski definition) is 1. The van der Waals surface area contributed by atoms with Crippen LogP contribution < -0.4 is 0 Å². The number of benzene rings is 2. The molecule has 0 saturated heterocycles. The molecular formula is C12H13OPS. The van der Waals surface area contributed by atoms with Crippen molar-refractivity contribution in [3.63, 3.8) is 0 Å². The first-order valence-electron chi connectivity index (χ1n) is 4.31. The first-order chi connectivity index (χ1) is 6.45. The fourth-order valence-corrected chi connectivity index (χ4v) is 2.78. The third-order valence-corrected chi connectivity index (χ3v) is 3.44. The van der Waals surface area contributed by atoms with Crippen molar-refractivity contribution in [1.82, 2.24) is 0 Å². The lowest BCUT2D eigenvalue weighted by atomic mass is 10.2. The Morgan fingerprint density at radius 2 is 1.07 bits per heavy atom. The van der Waals surface area contributed by atoms with Gasteiger partial charge in [0.2, 0.25) is 0 Å². The second-order valence-corrected chi connectivity index (χ2v) is 4.18. The second-order valence-electron chi connectivity index (χ2n) is 3.09. The van der Waals surface area contributed by atoms with Crippen LogP contribution in [0.15, 0.2) is 48.5 Å². The summed E-state index contributed by atoms with van der Waals surface area (Å²) < 4.78 is 2.76. The molecule has 1 heterocycles. The lowest BCUT2D eigenvalue weighted by Gasteiger charge is -1.88. The van der Waals surface area contributed by atoms with Gasteiger partial charge in [-0.25, -0.2) is 0 Å². The van der Waals surface area contributed by atoms with Crippen molar-refractivity contribution in [2.45, 2.75) is 0 Å². The zero-order chi connectivity index (χ0) is 8.67. The molecule has 0 amide bonds. The standard InChI is InChI=1S/C12H8S.H2O.H3P/c1-3-7-11-9(5-1)10-6-2-4-8-12(10)13-11;;/h1-8H;1H2;1H3. The first-order valence-corrected chi connectivity index (χ1v) is 5.13. The van der Waals surface area contributed by atoms with E-state index in [2.05, 4.69) is 48.5 Å². The first kappa shape index (κ1) is 12.1. The summed E-state index contributed by atoms with van der Waals surface area (Å²) in [4.78, 5) is 0. The van der Waals surface area contributed by atoms with Crippen LogP contribution in [0.1, 0.15) is 0 Å². The lowest BCUT2D eigenvalue weighted by molar-refractivity contribution is 0.824. The fourth-order valence-electron chi connectivity index (χ4n) is 1.67. The van der Waals surface area contributed by atoms with E-state index < -0.39 is 0 Å². The highest BCUT2D eigenvalue weighted by atomic mass is 32.1. The number of hydrogen-bond donors (Lipinski definition) is 0. The highest BCUT2D eigenvalue weighted by Crippen LogP contribution is 2.32. The Hall–Kier alpha value is -0.950. The van der Waals surface area contributed by atoms with Crippen molar-refractivity contribution in [2.24, 2.45) is 0 Å². The SMILES string of the molecule is O.P.c1ccc2c(c1)sc1ccccc12.